The molecule has 0 aliphatic heterocycles. The average Bonchev–Trinajstić information content (AvgIpc) is 4.12. The van der Waals surface area contributed by atoms with Crippen molar-refractivity contribution < 1.29 is 4.42 Å². The van der Waals surface area contributed by atoms with Crippen LogP contribution in [0.5, 0.6) is 0 Å². The molecule has 0 aliphatic carbocycles. The zero-order chi connectivity index (χ0) is 54.6. The molecular formula is C78H55N3O. The third-order valence-electron chi connectivity index (χ3n) is 15.4. The Bertz CT molecular complexity index is 4280. The van der Waals surface area contributed by atoms with Crippen LogP contribution in [0.25, 0.3) is 77.6 Å². The Labute approximate surface area is 478 Å². The number of furan rings is 1. The fraction of sp³-hybridized carbons (Fsp3) is 0. The highest BCUT2D eigenvalue weighted by Crippen LogP contribution is 2.48. The number of para-hydroxylation sites is 3. The van der Waals surface area contributed by atoms with Crippen molar-refractivity contribution in [3.8, 4) is 55.6 Å². The van der Waals surface area contributed by atoms with E-state index < -0.39 is 0 Å². The molecule has 0 saturated carbocycles. The van der Waals surface area contributed by atoms with Crippen LogP contribution in [0.1, 0.15) is 0 Å². The Kier molecular flexibility index (Phi) is 13.3. The largest absolute Gasteiger partial charge is 0.455 e. The van der Waals surface area contributed by atoms with Gasteiger partial charge in [0.1, 0.15) is 11.2 Å². The van der Waals surface area contributed by atoms with Crippen LogP contribution >= 0.6 is 0 Å². The molecule has 0 atom stereocenters. The third kappa shape index (κ3) is 9.87. The van der Waals surface area contributed by atoms with Crippen molar-refractivity contribution in [3.05, 3.63) is 334 Å². The first-order valence-electron chi connectivity index (χ1n) is 27.9. The highest BCUT2D eigenvalue weighted by atomic mass is 16.3. The van der Waals surface area contributed by atoms with Crippen LogP contribution in [0.4, 0.5) is 51.2 Å². The zero-order valence-electron chi connectivity index (χ0n) is 45.0. The van der Waals surface area contributed by atoms with Gasteiger partial charge in [0.15, 0.2) is 0 Å². The molecule has 0 saturated heterocycles. The molecule has 0 fully saturated rings. The molecule has 4 nitrogen and oxygen atoms in total. The van der Waals surface area contributed by atoms with Crippen molar-refractivity contribution >= 4 is 73.1 Å². The number of benzene rings is 13. The summed E-state index contributed by atoms with van der Waals surface area (Å²) in [7, 11) is 0. The average molecular weight is 1050 g/mol. The summed E-state index contributed by atoms with van der Waals surface area (Å²) in [4.78, 5) is 7.20. The van der Waals surface area contributed by atoms with Crippen LogP contribution in [0, 0.1) is 0 Å². The van der Waals surface area contributed by atoms with Crippen LogP contribution in [-0.2, 0) is 0 Å². The number of fused-ring (bicyclic) bond motifs is 3. The maximum absolute atomic E-state index is 6.57. The molecule has 1 heterocycles. The van der Waals surface area contributed by atoms with E-state index in [2.05, 4.69) is 336 Å². The Balaban J connectivity index is 1.00. The lowest BCUT2D eigenvalue weighted by Gasteiger charge is -2.33. The van der Waals surface area contributed by atoms with Crippen LogP contribution in [0.3, 0.4) is 0 Å². The summed E-state index contributed by atoms with van der Waals surface area (Å²) in [5.74, 6) is 0. The summed E-state index contributed by atoms with van der Waals surface area (Å²) < 4.78 is 6.57. The molecule has 0 bridgehead atoms. The van der Waals surface area contributed by atoms with Crippen LogP contribution in [0.2, 0.25) is 0 Å². The maximum Gasteiger partial charge on any atom is 0.143 e. The molecule has 0 amide bonds. The standard InChI is InChI=1S/C78H55N3O/c1-6-21-56(22-7-1)60-39-45-67(46-40-60)80(69-33-18-29-63(51-69)58-25-10-3-11-26-58)72-53-71(79(65-31-14-5-15-32-65)66-49-43-62(44-50-66)74-36-20-37-76-75-35-16-17-38-77(75)82-78(74)76)54-73(55-72)81(68-47-41-61(42-48-68)57-23-8-2-9-24-57)70-34-19-30-64(52-70)59-27-12-4-13-28-59/h1-55H. The minimum Gasteiger partial charge on any atom is -0.455 e. The van der Waals surface area contributed by atoms with Gasteiger partial charge in [-0.05, 0) is 147 Å². The summed E-state index contributed by atoms with van der Waals surface area (Å²) >= 11 is 0. The summed E-state index contributed by atoms with van der Waals surface area (Å²) in [6, 6.07) is 120. The molecule has 14 aromatic rings. The minimum absolute atomic E-state index is 0.883. The van der Waals surface area contributed by atoms with Gasteiger partial charge in [-0.1, -0.05) is 237 Å². The van der Waals surface area contributed by atoms with Crippen molar-refractivity contribution in [3.63, 3.8) is 0 Å². The van der Waals surface area contributed by atoms with Gasteiger partial charge in [-0.25, -0.2) is 0 Å². The van der Waals surface area contributed by atoms with Gasteiger partial charge >= 0.3 is 0 Å². The van der Waals surface area contributed by atoms with Crippen molar-refractivity contribution in [2.24, 2.45) is 0 Å². The molecular weight excluding hydrogens is 995 g/mol. The Hall–Kier alpha value is -10.9. The smallest absolute Gasteiger partial charge is 0.143 e. The predicted molar refractivity (Wildman–Crippen MR) is 345 cm³/mol. The van der Waals surface area contributed by atoms with Gasteiger partial charge in [0.2, 0.25) is 0 Å². The van der Waals surface area contributed by atoms with Gasteiger partial charge in [0.05, 0.1) is 17.1 Å². The number of hydrogen-bond donors (Lipinski definition) is 0. The quantitative estimate of drug-likeness (QED) is 0.108. The number of anilines is 9. The lowest BCUT2D eigenvalue weighted by molar-refractivity contribution is 0.670. The van der Waals surface area contributed by atoms with E-state index in [1.54, 1.807) is 0 Å². The first-order chi connectivity index (χ1) is 40.6. The van der Waals surface area contributed by atoms with Crippen LogP contribution in [0.15, 0.2) is 338 Å². The molecule has 0 aliphatic rings. The van der Waals surface area contributed by atoms with E-state index in [1.807, 2.05) is 12.1 Å². The number of rotatable bonds is 14. The van der Waals surface area contributed by atoms with Crippen molar-refractivity contribution in [2.45, 2.75) is 0 Å². The Morgan fingerprint density at radius 1 is 0.183 bits per heavy atom. The van der Waals surface area contributed by atoms with Gasteiger partial charge in [0, 0.05) is 50.5 Å². The van der Waals surface area contributed by atoms with E-state index in [1.165, 1.54) is 11.1 Å². The normalized spacial score (nSPS) is 11.2. The SMILES string of the molecule is c1ccc(-c2ccc(N(c3cccc(-c4ccccc4)c3)c3cc(N(c4ccccc4)c4ccc(-c5cccc6c5oc5ccccc56)cc4)cc(N(c4ccc(-c5ccccc5)cc4)c4cccc(-c5ccccc5)c4)c3)cc2)cc1. The van der Waals surface area contributed by atoms with E-state index in [-0.39, 0.29) is 0 Å². The third-order valence-corrected chi connectivity index (χ3v) is 15.4. The monoisotopic (exact) mass is 1050 g/mol. The predicted octanol–water partition coefficient (Wildman–Crippen LogP) is 22.3. The highest BCUT2D eigenvalue weighted by Gasteiger charge is 2.24. The second-order valence-electron chi connectivity index (χ2n) is 20.5. The van der Waals surface area contributed by atoms with E-state index in [9.17, 15) is 0 Å². The first-order valence-corrected chi connectivity index (χ1v) is 27.9. The lowest BCUT2D eigenvalue weighted by atomic mass is 10.0. The highest BCUT2D eigenvalue weighted by molar-refractivity contribution is 6.09. The van der Waals surface area contributed by atoms with Crippen LogP contribution in [-0.4, -0.2) is 0 Å². The van der Waals surface area contributed by atoms with Crippen molar-refractivity contribution in [2.75, 3.05) is 14.7 Å². The Morgan fingerprint density at radius 2 is 0.488 bits per heavy atom. The zero-order valence-corrected chi connectivity index (χ0v) is 45.0. The molecule has 4 heteroatoms. The van der Waals surface area contributed by atoms with Gasteiger partial charge in [-0.3, -0.25) is 0 Å². The molecule has 13 aromatic carbocycles. The van der Waals surface area contributed by atoms with Gasteiger partial charge in [-0.2, -0.15) is 0 Å². The fourth-order valence-corrected chi connectivity index (χ4v) is 11.4. The van der Waals surface area contributed by atoms with Gasteiger partial charge in [0.25, 0.3) is 0 Å². The molecule has 0 N–H and O–H groups in total. The van der Waals surface area contributed by atoms with E-state index in [0.29, 0.717) is 0 Å². The van der Waals surface area contributed by atoms with E-state index in [4.69, 9.17) is 4.42 Å². The van der Waals surface area contributed by atoms with E-state index in [0.717, 1.165) is 118 Å². The molecule has 1 aromatic heterocycles. The molecule has 0 unspecified atom stereocenters. The van der Waals surface area contributed by atoms with Gasteiger partial charge in [-0.15, -0.1) is 0 Å². The second-order valence-corrected chi connectivity index (χ2v) is 20.5. The number of nitrogens with zero attached hydrogens (tertiary/aromatic N) is 3. The summed E-state index contributed by atoms with van der Waals surface area (Å²) in [6.07, 6.45) is 0. The van der Waals surface area contributed by atoms with Crippen molar-refractivity contribution in [1.29, 1.82) is 0 Å². The molecule has 0 radical (unpaired) electrons. The van der Waals surface area contributed by atoms with E-state index >= 15 is 0 Å². The molecule has 0 spiro atoms. The molecule has 14 rings (SSSR count). The summed E-state index contributed by atoms with van der Waals surface area (Å²) in [5.41, 5.74) is 22.1. The first kappa shape index (κ1) is 49.4. The second kappa shape index (κ2) is 22.1. The topological polar surface area (TPSA) is 22.9 Å². The fourth-order valence-electron chi connectivity index (χ4n) is 11.4. The maximum atomic E-state index is 6.57. The Morgan fingerprint density at radius 3 is 0.939 bits per heavy atom. The number of hydrogen-bond acceptors (Lipinski definition) is 4. The van der Waals surface area contributed by atoms with Crippen LogP contribution < -0.4 is 14.7 Å². The molecule has 82 heavy (non-hydrogen) atoms. The summed E-state index contributed by atoms with van der Waals surface area (Å²) in [5, 5.41) is 2.22. The lowest BCUT2D eigenvalue weighted by Crippen LogP contribution is -2.16. The van der Waals surface area contributed by atoms with Crippen molar-refractivity contribution in [1.82, 2.24) is 0 Å². The summed E-state index contributed by atoms with van der Waals surface area (Å²) in [6.45, 7) is 0. The van der Waals surface area contributed by atoms with Gasteiger partial charge < -0.3 is 19.1 Å². The minimum atomic E-state index is 0.883. The molecule has 388 valence electrons.